The first kappa shape index (κ1) is 17.8. The fourth-order valence-electron chi connectivity index (χ4n) is 3.40. The van der Waals surface area contributed by atoms with Crippen LogP contribution in [-0.4, -0.2) is 19.3 Å². The number of aromatic nitrogens is 4. The summed E-state index contributed by atoms with van der Waals surface area (Å²) in [6.45, 7) is 0. The van der Waals surface area contributed by atoms with Gasteiger partial charge in [0.05, 0.1) is 28.5 Å². The Morgan fingerprint density at radius 1 is 0.733 bits per heavy atom. The molecule has 0 bridgehead atoms. The summed E-state index contributed by atoms with van der Waals surface area (Å²) in [5, 5.41) is 5.02. The maximum Gasteiger partial charge on any atom is 0.266 e. The molecule has 5 aromatic rings. The van der Waals surface area contributed by atoms with Crippen molar-refractivity contribution in [3.05, 3.63) is 119 Å². The van der Waals surface area contributed by atoms with Gasteiger partial charge in [-0.2, -0.15) is 5.10 Å². The lowest BCUT2D eigenvalue weighted by Crippen LogP contribution is -2.22. The van der Waals surface area contributed by atoms with Gasteiger partial charge in [0.1, 0.15) is 5.82 Å². The van der Waals surface area contributed by atoms with E-state index in [-0.39, 0.29) is 5.56 Å². The number of fused-ring (bicyclic) bond motifs is 1. The fourth-order valence-corrected chi connectivity index (χ4v) is 3.40. The maximum atomic E-state index is 13.2. The van der Waals surface area contributed by atoms with Crippen LogP contribution in [0.15, 0.2) is 102 Å². The van der Waals surface area contributed by atoms with Gasteiger partial charge in [0.25, 0.3) is 5.56 Å². The second kappa shape index (κ2) is 7.64. The summed E-state index contributed by atoms with van der Waals surface area (Å²) >= 11 is 0. The predicted octanol–water partition coefficient (Wildman–Crippen LogP) is 4.74. The summed E-state index contributed by atoms with van der Waals surface area (Å²) in [7, 11) is 0. The van der Waals surface area contributed by atoms with Crippen LogP contribution in [0, 0.1) is 0 Å². The molecular formula is C25H18N4O. The van der Waals surface area contributed by atoms with E-state index in [9.17, 15) is 4.79 Å². The Hall–Kier alpha value is -4.25. The van der Waals surface area contributed by atoms with Crippen LogP contribution in [-0.2, 0) is 0 Å². The van der Waals surface area contributed by atoms with E-state index in [1.54, 1.807) is 10.8 Å². The molecule has 0 atom stereocenters. The Morgan fingerprint density at radius 2 is 1.40 bits per heavy atom. The minimum atomic E-state index is -0.0913. The van der Waals surface area contributed by atoms with Crippen molar-refractivity contribution in [3.8, 4) is 11.4 Å². The average molecular weight is 390 g/mol. The second-order valence-corrected chi connectivity index (χ2v) is 6.85. The lowest BCUT2D eigenvalue weighted by Gasteiger charge is -2.11. The first-order valence-corrected chi connectivity index (χ1v) is 9.65. The molecule has 5 rings (SSSR count). The first-order chi connectivity index (χ1) is 14.8. The average Bonchev–Trinajstić information content (AvgIpc) is 3.28. The van der Waals surface area contributed by atoms with Crippen LogP contribution in [0.5, 0.6) is 0 Å². The van der Waals surface area contributed by atoms with Crippen molar-refractivity contribution >= 4 is 23.1 Å². The van der Waals surface area contributed by atoms with Crippen LogP contribution in [0.3, 0.4) is 0 Å². The van der Waals surface area contributed by atoms with Crippen LogP contribution in [0.4, 0.5) is 0 Å². The van der Waals surface area contributed by atoms with Gasteiger partial charge < -0.3 is 0 Å². The third-order valence-electron chi connectivity index (χ3n) is 4.86. The van der Waals surface area contributed by atoms with Gasteiger partial charge in [-0.15, -0.1) is 0 Å². The lowest BCUT2D eigenvalue weighted by molar-refractivity contribution is 0.880. The van der Waals surface area contributed by atoms with E-state index in [0.29, 0.717) is 16.7 Å². The maximum absolute atomic E-state index is 13.2. The van der Waals surface area contributed by atoms with Gasteiger partial charge in [-0.25, -0.2) is 9.67 Å². The minimum absolute atomic E-state index is 0.0913. The zero-order valence-electron chi connectivity index (χ0n) is 16.1. The normalized spacial score (nSPS) is 11.3. The number of hydrogen-bond acceptors (Lipinski definition) is 3. The Kier molecular flexibility index (Phi) is 4.54. The molecular weight excluding hydrogens is 372 g/mol. The van der Waals surface area contributed by atoms with Crippen molar-refractivity contribution in [1.82, 2.24) is 19.3 Å². The molecule has 0 aliphatic heterocycles. The lowest BCUT2D eigenvalue weighted by atomic mass is 10.2. The van der Waals surface area contributed by atoms with Crippen LogP contribution in [0.2, 0.25) is 0 Å². The molecule has 0 saturated carbocycles. The van der Waals surface area contributed by atoms with Gasteiger partial charge in [-0.05, 0) is 48.6 Å². The minimum Gasteiger partial charge on any atom is -0.268 e. The van der Waals surface area contributed by atoms with E-state index in [4.69, 9.17) is 4.98 Å². The van der Waals surface area contributed by atoms with Crippen molar-refractivity contribution in [2.24, 2.45) is 0 Å². The number of hydrogen-bond donors (Lipinski definition) is 0. The quantitative estimate of drug-likeness (QED) is 0.445. The highest BCUT2D eigenvalue weighted by atomic mass is 16.1. The molecule has 3 aromatic carbocycles. The van der Waals surface area contributed by atoms with Crippen LogP contribution in [0.25, 0.3) is 34.4 Å². The molecule has 30 heavy (non-hydrogen) atoms. The summed E-state index contributed by atoms with van der Waals surface area (Å²) in [6.07, 6.45) is 7.50. The molecule has 0 spiro atoms. The predicted molar refractivity (Wildman–Crippen MR) is 120 cm³/mol. The van der Waals surface area contributed by atoms with Crippen molar-refractivity contribution in [2.75, 3.05) is 0 Å². The fraction of sp³-hybridized carbons (Fsp3) is 0. The van der Waals surface area contributed by atoms with Crippen molar-refractivity contribution in [2.45, 2.75) is 0 Å². The van der Waals surface area contributed by atoms with Gasteiger partial charge in [-0.1, -0.05) is 48.5 Å². The van der Waals surface area contributed by atoms with Gasteiger partial charge in [0.2, 0.25) is 0 Å². The van der Waals surface area contributed by atoms with E-state index in [0.717, 1.165) is 16.9 Å². The number of nitrogens with zero attached hydrogens (tertiary/aromatic N) is 4. The topological polar surface area (TPSA) is 52.7 Å². The van der Waals surface area contributed by atoms with Crippen molar-refractivity contribution in [1.29, 1.82) is 0 Å². The van der Waals surface area contributed by atoms with Crippen LogP contribution in [0.1, 0.15) is 11.4 Å². The van der Waals surface area contributed by atoms with Gasteiger partial charge in [-0.3, -0.25) is 9.36 Å². The zero-order chi connectivity index (χ0) is 20.3. The molecule has 2 aromatic heterocycles. The summed E-state index contributed by atoms with van der Waals surface area (Å²) in [4.78, 5) is 18.0. The monoisotopic (exact) mass is 390 g/mol. The van der Waals surface area contributed by atoms with E-state index in [1.807, 2.05) is 108 Å². The molecule has 0 aliphatic carbocycles. The molecule has 0 aliphatic rings. The molecule has 5 nitrogen and oxygen atoms in total. The first-order valence-electron chi connectivity index (χ1n) is 9.65. The highest BCUT2D eigenvalue weighted by Crippen LogP contribution is 2.16. The molecule has 0 radical (unpaired) electrons. The standard InChI is InChI=1S/C25H18N4O/c30-25-22-13-7-8-14-23(22)27-24(29(25)21-11-5-2-6-12-21)16-15-19-17-26-28(18-19)20-9-3-1-4-10-20/h1-18H/b16-15+. The molecule has 2 heterocycles. The zero-order valence-corrected chi connectivity index (χ0v) is 16.1. The van der Waals surface area contributed by atoms with E-state index in [2.05, 4.69) is 5.10 Å². The number of rotatable bonds is 4. The molecule has 0 unspecified atom stereocenters. The largest absolute Gasteiger partial charge is 0.268 e. The highest BCUT2D eigenvalue weighted by molar-refractivity contribution is 5.80. The van der Waals surface area contributed by atoms with E-state index < -0.39 is 0 Å². The second-order valence-electron chi connectivity index (χ2n) is 6.85. The Labute approximate surface area is 173 Å². The molecule has 144 valence electrons. The Balaban J connectivity index is 1.60. The van der Waals surface area contributed by atoms with E-state index in [1.165, 1.54) is 0 Å². The molecule has 0 fully saturated rings. The van der Waals surface area contributed by atoms with Crippen LogP contribution < -0.4 is 5.56 Å². The third kappa shape index (κ3) is 3.33. The molecule has 5 heteroatoms. The van der Waals surface area contributed by atoms with Crippen LogP contribution >= 0.6 is 0 Å². The van der Waals surface area contributed by atoms with Crippen molar-refractivity contribution in [3.63, 3.8) is 0 Å². The Morgan fingerprint density at radius 3 is 2.17 bits per heavy atom. The summed E-state index contributed by atoms with van der Waals surface area (Å²) in [5.41, 5.74) is 3.27. The van der Waals surface area contributed by atoms with Gasteiger partial charge >= 0.3 is 0 Å². The molecule has 0 N–H and O–H groups in total. The summed E-state index contributed by atoms with van der Waals surface area (Å²) < 4.78 is 3.46. The van der Waals surface area contributed by atoms with E-state index >= 15 is 0 Å². The molecule has 0 amide bonds. The summed E-state index contributed by atoms with van der Waals surface area (Å²) in [6, 6.07) is 26.9. The van der Waals surface area contributed by atoms with Gasteiger partial charge in [0, 0.05) is 11.8 Å². The Bertz CT molecular complexity index is 1400. The smallest absolute Gasteiger partial charge is 0.266 e. The number of benzene rings is 3. The summed E-state index contributed by atoms with van der Waals surface area (Å²) in [5.74, 6) is 0.567. The SMILES string of the molecule is O=c1c2ccccc2nc(/C=C/c2cnn(-c3ccccc3)c2)n1-c1ccccc1. The third-order valence-corrected chi connectivity index (χ3v) is 4.86. The van der Waals surface area contributed by atoms with Crippen molar-refractivity contribution < 1.29 is 0 Å². The van der Waals surface area contributed by atoms with Gasteiger partial charge in [0.15, 0.2) is 0 Å². The molecule has 0 saturated heterocycles. The highest BCUT2D eigenvalue weighted by Gasteiger charge is 2.10. The number of para-hydroxylation sites is 3.